The van der Waals surface area contributed by atoms with Crippen LogP contribution in [0.25, 0.3) is 0 Å². The number of halogens is 2. The van der Waals surface area contributed by atoms with E-state index in [0.717, 1.165) is 6.07 Å². The van der Waals surface area contributed by atoms with Gasteiger partial charge in [-0.1, -0.05) is 11.6 Å². The lowest BCUT2D eigenvalue weighted by Crippen LogP contribution is -2.42. The summed E-state index contributed by atoms with van der Waals surface area (Å²) in [4.78, 5) is 21.7. The van der Waals surface area contributed by atoms with Crippen molar-refractivity contribution in [2.24, 2.45) is 5.73 Å². The molecule has 20 heavy (non-hydrogen) atoms. The summed E-state index contributed by atoms with van der Waals surface area (Å²) in [7, 11) is 1.24. The van der Waals surface area contributed by atoms with Crippen LogP contribution in [0.2, 0.25) is 5.02 Å². The first-order valence-electron chi connectivity index (χ1n) is 5.12. The second-order valence-electron chi connectivity index (χ2n) is 3.64. The topological polar surface area (TPSA) is 116 Å². The Morgan fingerprint density at radius 1 is 1.40 bits per heavy atom. The highest BCUT2D eigenvalue weighted by Gasteiger charge is 2.19. The fourth-order valence-electron chi connectivity index (χ4n) is 1.20. The first-order valence-corrected chi connectivity index (χ1v) is 7.81. The number of nitrogens with two attached hydrogens (primary N) is 1. The highest BCUT2D eigenvalue weighted by molar-refractivity contribution is 8.13. The number of carbonyl (C=O) groups excluding carboxylic acids is 2. The summed E-state index contributed by atoms with van der Waals surface area (Å²) in [5, 5.41) is 1.78. The lowest BCUT2D eigenvalue weighted by molar-refractivity contribution is -0.126. The van der Waals surface area contributed by atoms with Crippen LogP contribution in [0.5, 0.6) is 5.75 Å². The molecule has 1 unspecified atom stereocenters. The van der Waals surface area contributed by atoms with Crippen molar-refractivity contribution in [3.8, 4) is 5.75 Å². The van der Waals surface area contributed by atoms with Crippen LogP contribution in [0.4, 0.5) is 4.79 Å². The molecule has 1 atom stereocenters. The summed E-state index contributed by atoms with van der Waals surface area (Å²) in [6, 6.07) is 2.48. The number of primary amides is 1. The number of amides is 3. The van der Waals surface area contributed by atoms with Gasteiger partial charge in [-0.15, -0.1) is 0 Å². The second-order valence-corrected chi connectivity index (χ2v) is 6.62. The van der Waals surface area contributed by atoms with Crippen molar-refractivity contribution < 1.29 is 22.7 Å². The van der Waals surface area contributed by atoms with E-state index in [4.69, 9.17) is 32.8 Å². The fourth-order valence-corrected chi connectivity index (χ4v) is 2.26. The summed E-state index contributed by atoms with van der Waals surface area (Å²) in [6.45, 7) is 1.36. The first-order chi connectivity index (χ1) is 9.11. The van der Waals surface area contributed by atoms with E-state index in [1.54, 1.807) is 0 Å². The van der Waals surface area contributed by atoms with Crippen molar-refractivity contribution in [2.45, 2.75) is 17.9 Å². The largest absolute Gasteiger partial charge is 0.479 e. The summed E-state index contributed by atoms with van der Waals surface area (Å²) >= 11 is 5.82. The van der Waals surface area contributed by atoms with Gasteiger partial charge in [-0.3, -0.25) is 10.1 Å². The molecule has 1 aromatic carbocycles. The number of rotatable bonds is 4. The van der Waals surface area contributed by atoms with E-state index >= 15 is 0 Å². The number of hydrogen-bond acceptors (Lipinski definition) is 5. The number of nitrogens with one attached hydrogen (secondary N) is 1. The van der Waals surface area contributed by atoms with E-state index in [2.05, 4.69) is 0 Å². The van der Waals surface area contributed by atoms with Crippen molar-refractivity contribution >= 4 is 43.3 Å². The third-order valence-electron chi connectivity index (χ3n) is 2.10. The highest BCUT2D eigenvalue weighted by atomic mass is 35.7. The molecule has 7 nitrogen and oxygen atoms in total. The van der Waals surface area contributed by atoms with Gasteiger partial charge in [0.15, 0.2) is 6.10 Å². The number of benzene rings is 1. The molecule has 0 fully saturated rings. The third-order valence-corrected chi connectivity index (χ3v) is 3.75. The molecule has 0 aliphatic rings. The molecule has 110 valence electrons. The van der Waals surface area contributed by atoms with E-state index in [-0.39, 0.29) is 15.7 Å². The van der Waals surface area contributed by atoms with Crippen LogP contribution >= 0.6 is 22.3 Å². The lowest BCUT2D eigenvalue weighted by Gasteiger charge is -2.14. The monoisotopic (exact) mass is 340 g/mol. The van der Waals surface area contributed by atoms with Crippen LogP contribution in [0.15, 0.2) is 23.1 Å². The number of hydrogen-bond donors (Lipinski definition) is 2. The van der Waals surface area contributed by atoms with Crippen molar-refractivity contribution in [3.63, 3.8) is 0 Å². The van der Waals surface area contributed by atoms with E-state index in [0.29, 0.717) is 0 Å². The van der Waals surface area contributed by atoms with Crippen molar-refractivity contribution in [2.75, 3.05) is 0 Å². The first kappa shape index (κ1) is 16.5. The van der Waals surface area contributed by atoms with Crippen LogP contribution in [-0.2, 0) is 13.8 Å². The van der Waals surface area contributed by atoms with Gasteiger partial charge in [0, 0.05) is 10.7 Å². The van der Waals surface area contributed by atoms with Crippen LogP contribution in [-0.4, -0.2) is 26.5 Å². The Morgan fingerprint density at radius 2 is 2.00 bits per heavy atom. The molecule has 0 saturated carbocycles. The van der Waals surface area contributed by atoms with Gasteiger partial charge in [-0.2, -0.15) is 0 Å². The predicted molar refractivity (Wildman–Crippen MR) is 72.3 cm³/mol. The summed E-state index contributed by atoms with van der Waals surface area (Å²) in [5.41, 5.74) is 4.79. The zero-order chi connectivity index (χ0) is 15.5. The van der Waals surface area contributed by atoms with Gasteiger partial charge in [-0.05, 0) is 25.1 Å². The minimum absolute atomic E-state index is 0.0505. The Morgan fingerprint density at radius 3 is 2.45 bits per heavy atom. The van der Waals surface area contributed by atoms with Gasteiger partial charge in [0.25, 0.3) is 15.0 Å². The summed E-state index contributed by atoms with van der Waals surface area (Å²) in [5.74, 6) is -0.703. The van der Waals surface area contributed by atoms with Gasteiger partial charge >= 0.3 is 6.03 Å². The molecule has 0 radical (unpaired) electrons. The average molecular weight is 341 g/mol. The Kier molecular flexibility index (Phi) is 5.21. The summed E-state index contributed by atoms with van der Waals surface area (Å²) < 4.78 is 27.4. The smallest absolute Gasteiger partial charge is 0.318 e. The fraction of sp³-hybridized carbons (Fsp3) is 0.200. The second kappa shape index (κ2) is 6.29. The zero-order valence-corrected chi connectivity index (χ0v) is 12.4. The highest BCUT2D eigenvalue weighted by Crippen LogP contribution is 2.29. The Hall–Kier alpha value is -1.51. The zero-order valence-electron chi connectivity index (χ0n) is 10.1. The van der Waals surface area contributed by atoms with E-state index in [1.807, 2.05) is 5.32 Å². The Bertz CT molecular complexity index is 647. The standard InChI is InChI=1S/C10H10Cl2N2O5S/c1-5(9(15)14-10(13)16)19-8-3-2-6(4-7(8)11)20(12,17)18/h2-5H,1H3,(H3,13,14,15,16). The predicted octanol–water partition coefficient (Wildman–Crippen LogP) is 1.23. The van der Waals surface area contributed by atoms with Crippen LogP contribution in [0.3, 0.4) is 0 Å². The van der Waals surface area contributed by atoms with Crippen molar-refractivity contribution in [3.05, 3.63) is 23.2 Å². The maximum Gasteiger partial charge on any atom is 0.318 e. The quantitative estimate of drug-likeness (QED) is 0.799. The molecule has 3 amide bonds. The third kappa shape index (κ3) is 4.55. The molecule has 0 bridgehead atoms. The number of imide groups is 1. The molecule has 1 rings (SSSR count). The van der Waals surface area contributed by atoms with E-state index < -0.39 is 27.1 Å². The molecule has 0 aromatic heterocycles. The molecule has 0 heterocycles. The molecule has 10 heteroatoms. The molecule has 3 N–H and O–H groups in total. The van der Waals surface area contributed by atoms with Crippen molar-refractivity contribution in [1.29, 1.82) is 0 Å². The van der Waals surface area contributed by atoms with E-state index in [9.17, 15) is 18.0 Å². The van der Waals surface area contributed by atoms with Gasteiger partial charge in [-0.25, -0.2) is 13.2 Å². The average Bonchev–Trinajstić information content (AvgIpc) is 2.29. The van der Waals surface area contributed by atoms with Gasteiger partial charge < -0.3 is 10.5 Å². The molecule has 0 spiro atoms. The molecular formula is C10H10Cl2N2O5S. The van der Waals surface area contributed by atoms with Crippen molar-refractivity contribution in [1.82, 2.24) is 5.32 Å². The number of ether oxygens (including phenoxy) is 1. The lowest BCUT2D eigenvalue weighted by atomic mass is 10.3. The Balaban J connectivity index is 2.89. The van der Waals surface area contributed by atoms with Crippen LogP contribution in [0.1, 0.15) is 6.92 Å². The van der Waals surface area contributed by atoms with E-state index in [1.165, 1.54) is 19.1 Å². The summed E-state index contributed by atoms with van der Waals surface area (Å²) in [6.07, 6.45) is -1.06. The number of urea groups is 1. The minimum atomic E-state index is -3.91. The minimum Gasteiger partial charge on any atom is -0.479 e. The molecular weight excluding hydrogens is 331 g/mol. The molecule has 0 aliphatic carbocycles. The van der Waals surface area contributed by atoms with Gasteiger partial charge in [0.2, 0.25) is 0 Å². The maximum atomic E-state index is 11.4. The SMILES string of the molecule is CC(Oc1ccc(S(=O)(=O)Cl)cc1Cl)C(=O)NC(N)=O. The van der Waals surface area contributed by atoms with Crippen LogP contribution in [0, 0.1) is 0 Å². The molecule has 0 aliphatic heterocycles. The molecule has 1 aromatic rings. The number of carbonyl (C=O) groups is 2. The normalized spacial score (nSPS) is 12.6. The Labute approximate surface area is 124 Å². The maximum absolute atomic E-state index is 11.4. The van der Waals surface area contributed by atoms with Gasteiger partial charge in [0.05, 0.1) is 9.92 Å². The molecule has 0 saturated heterocycles. The van der Waals surface area contributed by atoms with Gasteiger partial charge in [0.1, 0.15) is 5.75 Å². The van der Waals surface area contributed by atoms with Crippen LogP contribution < -0.4 is 15.8 Å².